The molecule has 7 nitrogen and oxygen atoms in total. The summed E-state index contributed by atoms with van der Waals surface area (Å²) in [4.78, 5) is 27.7. The molecule has 40 heavy (non-hydrogen) atoms. The lowest BCUT2D eigenvalue weighted by Gasteiger charge is -2.25. The molecule has 1 saturated heterocycles. The highest BCUT2D eigenvalue weighted by molar-refractivity contribution is 6.00. The number of carbonyl (C=O) groups excluding carboxylic acids is 2. The predicted octanol–water partition coefficient (Wildman–Crippen LogP) is 4.56. The Morgan fingerprint density at radius 1 is 1.07 bits per heavy atom. The minimum Gasteiger partial charge on any atom is -0.390 e. The maximum absolute atomic E-state index is 13.5. The van der Waals surface area contributed by atoms with Crippen LogP contribution in [0.1, 0.15) is 46.8 Å². The number of aliphatic hydroxyl groups excluding tert-OH is 1. The van der Waals surface area contributed by atoms with Crippen LogP contribution < -0.4 is 20.9 Å². The molecule has 3 aromatic rings. The molecule has 1 fully saturated rings. The molecule has 1 aliphatic rings. The molecule has 1 heterocycles. The normalized spacial score (nSPS) is 14.9. The first kappa shape index (κ1) is 29.1. The molecule has 0 radical (unpaired) electrons. The summed E-state index contributed by atoms with van der Waals surface area (Å²) < 4.78 is 0. The Kier molecular flexibility index (Phi) is 10.5. The van der Waals surface area contributed by atoms with Crippen LogP contribution in [0.15, 0.2) is 78.9 Å². The van der Waals surface area contributed by atoms with Crippen LogP contribution in [0.5, 0.6) is 0 Å². The van der Waals surface area contributed by atoms with Gasteiger partial charge in [0.2, 0.25) is 5.91 Å². The van der Waals surface area contributed by atoms with Crippen molar-refractivity contribution in [2.24, 2.45) is 0 Å². The average molecular weight is 541 g/mol. The zero-order chi connectivity index (χ0) is 28.3. The van der Waals surface area contributed by atoms with E-state index >= 15 is 0 Å². The zero-order valence-electron chi connectivity index (χ0n) is 23.4. The first-order valence-corrected chi connectivity index (χ1v) is 14.1. The lowest BCUT2D eigenvalue weighted by Crippen LogP contribution is -2.48. The highest BCUT2D eigenvalue weighted by Crippen LogP contribution is 2.27. The van der Waals surface area contributed by atoms with Crippen molar-refractivity contribution in [1.82, 2.24) is 10.6 Å². The molecule has 4 N–H and O–H groups in total. The number of aryl methyl sites for hydroxylation is 1. The molecular formula is C33H40N4O3. The Hall–Kier alpha value is -3.94. The molecule has 0 aromatic heterocycles. The molecule has 3 aromatic carbocycles. The van der Waals surface area contributed by atoms with Crippen LogP contribution in [-0.2, 0) is 11.2 Å². The van der Waals surface area contributed by atoms with Gasteiger partial charge in [-0.1, -0.05) is 72.3 Å². The third-order valence-electron chi connectivity index (χ3n) is 7.03. The second kappa shape index (κ2) is 14.4. The van der Waals surface area contributed by atoms with Crippen LogP contribution >= 0.6 is 0 Å². The first-order chi connectivity index (χ1) is 19.4. The summed E-state index contributed by atoms with van der Waals surface area (Å²) in [6, 6.07) is 23.1. The lowest BCUT2D eigenvalue weighted by molar-refractivity contribution is -0.117. The maximum atomic E-state index is 13.5. The van der Waals surface area contributed by atoms with E-state index in [1.54, 1.807) is 17.0 Å². The van der Waals surface area contributed by atoms with Gasteiger partial charge in [0.15, 0.2) is 0 Å². The van der Waals surface area contributed by atoms with Gasteiger partial charge in [0.25, 0.3) is 5.91 Å². The van der Waals surface area contributed by atoms with Gasteiger partial charge in [-0.3, -0.25) is 9.59 Å². The van der Waals surface area contributed by atoms with E-state index in [9.17, 15) is 14.7 Å². The maximum Gasteiger partial charge on any atom is 0.251 e. The number of rotatable bonds is 13. The van der Waals surface area contributed by atoms with Crippen molar-refractivity contribution >= 4 is 29.3 Å². The van der Waals surface area contributed by atoms with Crippen molar-refractivity contribution in [2.75, 3.05) is 36.4 Å². The van der Waals surface area contributed by atoms with Gasteiger partial charge in [0.05, 0.1) is 12.1 Å². The number of benzene rings is 3. The van der Waals surface area contributed by atoms with Crippen molar-refractivity contribution in [3.05, 3.63) is 101 Å². The summed E-state index contributed by atoms with van der Waals surface area (Å²) in [6.45, 7) is 6.30. The second-order valence-corrected chi connectivity index (χ2v) is 10.3. The molecule has 2 amide bonds. The molecule has 2 atom stereocenters. The fourth-order valence-electron chi connectivity index (χ4n) is 4.86. The SMILES string of the molecule is CCNc1cc(C(=O)N[C@@H](Cc2ccccc2)[C@@H](O)CNC/C=C/c2ccc(C)cc2)cc(N2CCCC2=O)c1. The van der Waals surface area contributed by atoms with E-state index in [0.29, 0.717) is 50.3 Å². The molecular weight excluding hydrogens is 500 g/mol. The van der Waals surface area contributed by atoms with Crippen molar-refractivity contribution < 1.29 is 14.7 Å². The van der Waals surface area contributed by atoms with Gasteiger partial charge in [-0.2, -0.15) is 0 Å². The number of carbonyl (C=O) groups is 2. The second-order valence-electron chi connectivity index (χ2n) is 10.3. The first-order valence-electron chi connectivity index (χ1n) is 14.1. The standard InChI is InChI=1S/C33H40N4O3/c1-3-35-28-20-27(21-29(22-28)37-18-8-12-32(37)39)33(40)36-30(19-26-9-5-4-6-10-26)31(38)23-34-17-7-11-25-15-13-24(2)14-16-25/h4-7,9-11,13-16,20-22,30-31,34-35,38H,3,8,12,17-19,23H2,1-2H3,(H,36,40)/b11-7+/t30-,31-/m0/s1. The molecule has 0 spiro atoms. The molecule has 4 rings (SSSR count). The summed E-state index contributed by atoms with van der Waals surface area (Å²) in [7, 11) is 0. The number of aliphatic hydroxyl groups is 1. The summed E-state index contributed by atoms with van der Waals surface area (Å²) in [6.07, 6.45) is 5.07. The Bertz CT molecular complexity index is 1290. The minimum absolute atomic E-state index is 0.0693. The van der Waals surface area contributed by atoms with E-state index in [0.717, 1.165) is 23.2 Å². The molecule has 0 bridgehead atoms. The van der Waals surface area contributed by atoms with Gasteiger partial charge < -0.3 is 26.0 Å². The van der Waals surface area contributed by atoms with Gasteiger partial charge in [0, 0.05) is 49.5 Å². The zero-order valence-corrected chi connectivity index (χ0v) is 23.4. The van der Waals surface area contributed by atoms with E-state index < -0.39 is 12.1 Å². The van der Waals surface area contributed by atoms with E-state index in [1.165, 1.54) is 5.56 Å². The Morgan fingerprint density at radius 3 is 2.55 bits per heavy atom. The quantitative estimate of drug-likeness (QED) is 0.239. The monoisotopic (exact) mass is 540 g/mol. The minimum atomic E-state index is -0.812. The van der Waals surface area contributed by atoms with Crippen molar-refractivity contribution in [3.8, 4) is 0 Å². The third kappa shape index (κ3) is 8.28. The number of amides is 2. The third-order valence-corrected chi connectivity index (χ3v) is 7.03. The highest BCUT2D eigenvalue weighted by atomic mass is 16.3. The van der Waals surface area contributed by atoms with Crippen molar-refractivity contribution in [1.29, 1.82) is 0 Å². The lowest BCUT2D eigenvalue weighted by atomic mass is 10.00. The summed E-state index contributed by atoms with van der Waals surface area (Å²) in [5.74, 6) is -0.216. The molecule has 0 aliphatic carbocycles. The van der Waals surface area contributed by atoms with E-state index in [1.807, 2.05) is 55.5 Å². The average Bonchev–Trinajstić information content (AvgIpc) is 3.39. The van der Waals surface area contributed by atoms with Crippen molar-refractivity contribution in [2.45, 2.75) is 45.3 Å². The van der Waals surface area contributed by atoms with Crippen LogP contribution in [0.3, 0.4) is 0 Å². The van der Waals surface area contributed by atoms with Gasteiger partial charge in [-0.25, -0.2) is 0 Å². The Balaban J connectivity index is 1.45. The topological polar surface area (TPSA) is 93.7 Å². The molecule has 0 unspecified atom stereocenters. The fourth-order valence-corrected chi connectivity index (χ4v) is 4.86. The van der Waals surface area contributed by atoms with Crippen LogP contribution in [0.2, 0.25) is 0 Å². The predicted molar refractivity (Wildman–Crippen MR) is 163 cm³/mol. The molecule has 210 valence electrons. The van der Waals surface area contributed by atoms with Crippen LogP contribution in [0.25, 0.3) is 6.08 Å². The van der Waals surface area contributed by atoms with Gasteiger partial charge in [-0.15, -0.1) is 0 Å². The number of nitrogens with one attached hydrogen (secondary N) is 3. The van der Waals surface area contributed by atoms with Gasteiger partial charge in [0.1, 0.15) is 0 Å². The fraction of sp³-hybridized carbons (Fsp3) is 0.333. The molecule has 0 saturated carbocycles. The van der Waals surface area contributed by atoms with Crippen LogP contribution in [0.4, 0.5) is 11.4 Å². The number of hydrogen-bond acceptors (Lipinski definition) is 5. The van der Waals surface area contributed by atoms with E-state index in [2.05, 4.69) is 47.1 Å². The summed E-state index contributed by atoms with van der Waals surface area (Å²) in [5.41, 5.74) is 5.32. The number of anilines is 2. The van der Waals surface area contributed by atoms with Gasteiger partial charge >= 0.3 is 0 Å². The van der Waals surface area contributed by atoms with Gasteiger partial charge in [-0.05, 0) is 56.0 Å². The van der Waals surface area contributed by atoms with E-state index in [-0.39, 0.29) is 11.8 Å². The Morgan fingerprint density at radius 2 is 1.85 bits per heavy atom. The van der Waals surface area contributed by atoms with Crippen molar-refractivity contribution in [3.63, 3.8) is 0 Å². The number of nitrogens with zero attached hydrogens (tertiary/aromatic N) is 1. The highest BCUT2D eigenvalue weighted by Gasteiger charge is 2.25. The van der Waals surface area contributed by atoms with Crippen LogP contribution in [-0.4, -0.2) is 55.2 Å². The summed E-state index contributed by atoms with van der Waals surface area (Å²) in [5, 5.41) is 20.8. The number of hydrogen-bond donors (Lipinski definition) is 4. The van der Waals surface area contributed by atoms with E-state index in [4.69, 9.17) is 0 Å². The smallest absolute Gasteiger partial charge is 0.251 e. The molecule has 1 aliphatic heterocycles. The molecule has 7 heteroatoms. The van der Waals surface area contributed by atoms with Crippen LogP contribution in [0, 0.1) is 6.92 Å². The largest absolute Gasteiger partial charge is 0.390 e. The Labute approximate surface area is 237 Å². The summed E-state index contributed by atoms with van der Waals surface area (Å²) >= 11 is 0.